The summed E-state index contributed by atoms with van der Waals surface area (Å²) in [6.07, 6.45) is 7.59. The number of aryl methyl sites for hydroxylation is 2. The molecule has 0 unspecified atom stereocenters. The van der Waals surface area contributed by atoms with E-state index in [1.807, 2.05) is 34.0 Å². The van der Waals surface area contributed by atoms with Gasteiger partial charge in [-0.2, -0.15) is 0 Å². The van der Waals surface area contributed by atoms with Gasteiger partial charge in [-0.1, -0.05) is 26.7 Å². The molecule has 23 heavy (non-hydrogen) atoms. The average Bonchev–Trinajstić information content (AvgIpc) is 3.29. The normalized spacial score (nSPS) is 11.2. The van der Waals surface area contributed by atoms with E-state index in [1.165, 1.54) is 67.8 Å². The Morgan fingerprint density at radius 3 is 1.39 bits per heavy atom. The Morgan fingerprint density at radius 1 is 0.565 bits per heavy atom. The van der Waals surface area contributed by atoms with Gasteiger partial charge < -0.3 is 0 Å². The third-order valence-corrected chi connectivity index (χ3v) is 7.74. The van der Waals surface area contributed by atoms with Crippen molar-refractivity contribution >= 4 is 34.0 Å². The molecule has 0 saturated heterocycles. The average molecular weight is 361 g/mol. The lowest BCUT2D eigenvalue weighted by atomic mass is 10.2. The first-order chi connectivity index (χ1) is 11.3. The van der Waals surface area contributed by atoms with Crippen LogP contribution in [0.2, 0.25) is 0 Å². The highest BCUT2D eigenvalue weighted by Crippen LogP contribution is 2.40. The maximum absolute atomic E-state index is 2.31. The Bertz CT molecular complexity index is 669. The second kappa shape index (κ2) is 8.27. The summed E-state index contributed by atoms with van der Waals surface area (Å²) >= 11 is 5.86. The van der Waals surface area contributed by atoms with E-state index in [0.717, 1.165) is 0 Å². The van der Waals surface area contributed by atoms with Gasteiger partial charge in [-0.3, -0.25) is 0 Å². The standard InChI is InChI=1S/C20H24S3/c1-3-5-7-15-9-11-17(21-15)19-13-14-20(23-19)18-12-10-16(22-18)8-6-4-2/h9-14H,3-8H2,1-2H3. The fraction of sp³-hybridized carbons (Fsp3) is 0.400. The van der Waals surface area contributed by atoms with E-state index in [0.29, 0.717) is 0 Å². The SMILES string of the molecule is CCCCc1ccc(-c2ccc(-c3ccc(CCCC)s3)s2)s1. The summed E-state index contributed by atoms with van der Waals surface area (Å²) in [4.78, 5) is 8.72. The summed E-state index contributed by atoms with van der Waals surface area (Å²) in [7, 11) is 0. The van der Waals surface area contributed by atoms with Crippen molar-refractivity contribution in [1.29, 1.82) is 0 Å². The molecule has 0 nitrogen and oxygen atoms in total. The molecule has 0 spiro atoms. The summed E-state index contributed by atoms with van der Waals surface area (Å²) < 4.78 is 0. The molecule has 0 N–H and O–H groups in total. The molecule has 0 aromatic carbocycles. The van der Waals surface area contributed by atoms with E-state index in [4.69, 9.17) is 0 Å². The largest absolute Gasteiger partial charge is 0.139 e. The number of rotatable bonds is 8. The van der Waals surface area contributed by atoms with Crippen LogP contribution in [0.1, 0.15) is 49.3 Å². The van der Waals surface area contributed by atoms with Crippen LogP contribution in [-0.2, 0) is 12.8 Å². The third kappa shape index (κ3) is 4.34. The van der Waals surface area contributed by atoms with Crippen molar-refractivity contribution in [3.05, 3.63) is 46.2 Å². The van der Waals surface area contributed by atoms with Crippen LogP contribution in [0.3, 0.4) is 0 Å². The molecule has 0 atom stereocenters. The van der Waals surface area contributed by atoms with Gasteiger partial charge in [0.1, 0.15) is 0 Å². The molecule has 0 radical (unpaired) electrons. The van der Waals surface area contributed by atoms with Gasteiger partial charge in [0.2, 0.25) is 0 Å². The molecule has 3 aromatic rings. The van der Waals surface area contributed by atoms with Crippen molar-refractivity contribution in [2.24, 2.45) is 0 Å². The third-order valence-electron chi connectivity index (χ3n) is 3.97. The summed E-state index contributed by atoms with van der Waals surface area (Å²) in [6, 6.07) is 13.8. The minimum atomic E-state index is 1.23. The topological polar surface area (TPSA) is 0 Å². The highest BCUT2D eigenvalue weighted by Gasteiger charge is 2.09. The van der Waals surface area contributed by atoms with Gasteiger partial charge in [-0.05, 0) is 62.1 Å². The van der Waals surface area contributed by atoms with E-state index >= 15 is 0 Å². The molecule has 0 fully saturated rings. The number of hydrogen-bond acceptors (Lipinski definition) is 3. The van der Waals surface area contributed by atoms with Crippen LogP contribution in [0.15, 0.2) is 36.4 Å². The van der Waals surface area contributed by atoms with Crippen LogP contribution < -0.4 is 0 Å². The molecule has 0 amide bonds. The Balaban J connectivity index is 1.72. The molecule has 0 aliphatic heterocycles. The molecule has 122 valence electrons. The van der Waals surface area contributed by atoms with Gasteiger partial charge in [0.05, 0.1) is 0 Å². The maximum Gasteiger partial charge on any atom is 0.0449 e. The maximum atomic E-state index is 2.31. The molecule has 3 heteroatoms. The number of unbranched alkanes of at least 4 members (excludes halogenated alkanes) is 2. The zero-order chi connectivity index (χ0) is 16.1. The smallest absolute Gasteiger partial charge is 0.0449 e. The van der Waals surface area contributed by atoms with Crippen molar-refractivity contribution in [2.45, 2.75) is 52.4 Å². The second-order valence-electron chi connectivity index (χ2n) is 5.90. The van der Waals surface area contributed by atoms with Crippen molar-refractivity contribution < 1.29 is 0 Å². The van der Waals surface area contributed by atoms with Crippen LogP contribution in [0, 0.1) is 0 Å². The van der Waals surface area contributed by atoms with Crippen molar-refractivity contribution in [1.82, 2.24) is 0 Å². The number of hydrogen-bond donors (Lipinski definition) is 0. The zero-order valence-electron chi connectivity index (χ0n) is 13.9. The summed E-state index contributed by atoms with van der Waals surface area (Å²) in [6.45, 7) is 4.52. The minimum Gasteiger partial charge on any atom is -0.139 e. The van der Waals surface area contributed by atoms with Crippen molar-refractivity contribution in [2.75, 3.05) is 0 Å². The van der Waals surface area contributed by atoms with Crippen LogP contribution in [0.5, 0.6) is 0 Å². The lowest BCUT2D eigenvalue weighted by Gasteiger charge is -1.94. The van der Waals surface area contributed by atoms with Crippen LogP contribution in [0.4, 0.5) is 0 Å². The first kappa shape index (κ1) is 16.9. The lowest BCUT2D eigenvalue weighted by Crippen LogP contribution is -1.76. The molecule has 3 rings (SSSR count). The lowest BCUT2D eigenvalue weighted by molar-refractivity contribution is 0.804. The van der Waals surface area contributed by atoms with Gasteiger partial charge in [0.15, 0.2) is 0 Å². The van der Waals surface area contributed by atoms with E-state index in [1.54, 1.807) is 0 Å². The predicted octanol–water partition coefficient (Wildman–Crippen LogP) is 7.89. The molecule has 0 aliphatic rings. The Morgan fingerprint density at radius 2 is 0.957 bits per heavy atom. The first-order valence-corrected chi connectivity index (χ1v) is 11.0. The minimum absolute atomic E-state index is 1.23. The summed E-state index contributed by atoms with van der Waals surface area (Å²) in [5, 5.41) is 0. The summed E-state index contributed by atoms with van der Waals surface area (Å²) in [5.74, 6) is 0. The molecule has 3 aromatic heterocycles. The van der Waals surface area contributed by atoms with E-state index in [-0.39, 0.29) is 0 Å². The molecule has 3 heterocycles. The van der Waals surface area contributed by atoms with E-state index in [2.05, 4.69) is 50.2 Å². The van der Waals surface area contributed by atoms with Gasteiger partial charge in [-0.15, -0.1) is 34.0 Å². The molecular formula is C20H24S3. The fourth-order valence-electron chi connectivity index (χ4n) is 2.59. The Labute approximate surface area is 151 Å². The van der Waals surface area contributed by atoms with Gasteiger partial charge in [-0.25, -0.2) is 0 Å². The Kier molecular flexibility index (Phi) is 6.09. The van der Waals surface area contributed by atoms with Crippen LogP contribution in [-0.4, -0.2) is 0 Å². The van der Waals surface area contributed by atoms with Crippen LogP contribution >= 0.6 is 34.0 Å². The van der Waals surface area contributed by atoms with Gasteiger partial charge in [0, 0.05) is 29.3 Å². The van der Waals surface area contributed by atoms with Gasteiger partial charge in [0.25, 0.3) is 0 Å². The zero-order valence-corrected chi connectivity index (χ0v) is 16.4. The highest BCUT2D eigenvalue weighted by atomic mass is 32.1. The van der Waals surface area contributed by atoms with E-state index in [9.17, 15) is 0 Å². The number of thiophene rings is 3. The molecule has 0 saturated carbocycles. The molecule has 0 bridgehead atoms. The van der Waals surface area contributed by atoms with E-state index < -0.39 is 0 Å². The van der Waals surface area contributed by atoms with Gasteiger partial charge >= 0.3 is 0 Å². The molecule has 0 aliphatic carbocycles. The second-order valence-corrected chi connectivity index (χ2v) is 9.32. The molecular weight excluding hydrogens is 336 g/mol. The summed E-state index contributed by atoms with van der Waals surface area (Å²) in [5.41, 5.74) is 0. The Hall–Kier alpha value is -0.900. The van der Waals surface area contributed by atoms with Crippen molar-refractivity contribution in [3.8, 4) is 19.5 Å². The van der Waals surface area contributed by atoms with Crippen molar-refractivity contribution in [3.63, 3.8) is 0 Å². The highest BCUT2D eigenvalue weighted by molar-refractivity contribution is 7.26. The fourth-order valence-corrected chi connectivity index (χ4v) is 5.88. The monoisotopic (exact) mass is 360 g/mol. The predicted molar refractivity (Wildman–Crippen MR) is 108 cm³/mol. The quantitative estimate of drug-likeness (QED) is 0.383. The van der Waals surface area contributed by atoms with Crippen LogP contribution in [0.25, 0.3) is 19.5 Å². The first-order valence-electron chi connectivity index (χ1n) is 8.58.